The number of pyridine rings is 1. The fourth-order valence-electron chi connectivity index (χ4n) is 1.27. The number of aromatic nitrogens is 1. The molecule has 0 fully saturated rings. The van der Waals surface area contributed by atoms with Crippen LogP contribution in [0.25, 0.3) is 0 Å². The van der Waals surface area contributed by atoms with E-state index in [0.717, 1.165) is 5.69 Å². The van der Waals surface area contributed by atoms with Gasteiger partial charge in [0.1, 0.15) is 0 Å². The second kappa shape index (κ2) is 6.19. The number of hydrogen-bond acceptors (Lipinski definition) is 4. The van der Waals surface area contributed by atoms with Crippen LogP contribution < -0.4 is 5.73 Å². The second-order valence-electron chi connectivity index (χ2n) is 3.62. The molecule has 1 aromatic rings. The van der Waals surface area contributed by atoms with Crippen LogP contribution in [0.5, 0.6) is 0 Å². The molecule has 0 spiro atoms. The van der Waals surface area contributed by atoms with Crippen LogP contribution >= 0.6 is 0 Å². The number of nitrogens with two attached hydrogens (primary N) is 1. The van der Waals surface area contributed by atoms with E-state index in [9.17, 15) is 4.79 Å². The summed E-state index contributed by atoms with van der Waals surface area (Å²) in [6.45, 7) is 2.12. The average molecular weight is 223 g/mol. The minimum atomic E-state index is -0.172. The van der Waals surface area contributed by atoms with Gasteiger partial charge in [-0.3, -0.25) is 14.6 Å². The molecule has 0 aromatic carbocycles. The number of carbonyl (C=O) groups excluding carboxylic acids is 1. The van der Waals surface area contributed by atoms with Crippen molar-refractivity contribution in [3.63, 3.8) is 0 Å². The van der Waals surface area contributed by atoms with Crippen LogP contribution in [0.3, 0.4) is 0 Å². The third-order valence-corrected chi connectivity index (χ3v) is 2.03. The number of nitrogens with zero attached hydrogens (tertiary/aromatic N) is 2. The Kier molecular flexibility index (Phi) is 4.88. The molecule has 1 rings (SSSR count). The Hall–Kier alpha value is -1.46. The Morgan fingerprint density at radius 1 is 1.62 bits per heavy atom. The maximum atomic E-state index is 11.7. The first-order valence-electron chi connectivity index (χ1n) is 5.13. The lowest BCUT2D eigenvalue weighted by Crippen LogP contribution is -2.33. The summed E-state index contributed by atoms with van der Waals surface area (Å²) in [7, 11) is 1.46. The molecule has 1 aromatic heterocycles. The smallest absolute Gasteiger partial charge is 0.248 e. The Labute approximate surface area is 95.2 Å². The van der Waals surface area contributed by atoms with Crippen molar-refractivity contribution in [3.05, 3.63) is 30.1 Å². The van der Waals surface area contributed by atoms with E-state index in [1.807, 2.05) is 18.2 Å². The molecule has 0 aliphatic carbocycles. The molecule has 16 heavy (non-hydrogen) atoms. The van der Waals surface area contributed by atoms with E-state index >= 15 is 0 Å². The van der Waals surface area contributed by atoms with Gasteiger partial charge in [0.25, 0.3) is 0 Å². The molecule has 0 bridgehead atoms. The van der Waals surface area contributed by atoms with Crippen LogP contribution in [0.15, 0.2) is 24.4 Å². The first-order chi connectivity index (χ1) is 7.63. The van der Waals surface area contributed by atoms with Gasteiger partial charge in [0, 0.05) is 18.7 Å². The van der Waals surface area contributed by atoms with Crippen molar-refractivity contribution in [2.24, 2.45) is 5.73 Å². The highest BCUT2D eigenvalue weighted by Crippen LogP contribution is 2.04. The first-order valence-corrected chi connectivity index (χ1v) is 5.13. The molecule has 5 heteroatoms. The van der Waals surface area contributed by atoms with Gasteiger partial charge in [0.2, 0.25) is 5.91 Å². The summed E-state index contributed by atoms with van der Waals surface area (Å²) in [5.41, 5.74) is 6.34. The highest BCUT2D eigenvalue weighted by atomic mass is 16.7. The van der Waals surface area contributed by atoms with Gasteiger partial charge in [-0.2, -0.15) is 0 Å². The predicted molar refractivity (Wildman–Crippen MR) is 60.1 cm³/mol. The third-order valence-electron chi connectivity index (χ3n) is 2.03. The molecule has 2 N–H and O–H groups in total. The monoisotopic (exact) mass is 223 g/mol. The predicted octanol–water partition coefficient (Wildman–Crippen LogP) is 0.709. The summed E-state index contributed by atoms with van der Waals surface area (Å²) >= 11 is 0. The minimum absolute atomic E-state index is 0.136. The Morgan fingerprint density at radius 2 is 2.38 bits per heavy atom. The van der Waals surface area contributed by atoms with Gasteiger partial charge in [0.15, 0.2) is 0 Å². The standard InChI is InChI=1S/C11H17N3O2/c1-9(12)7-11(15)14(16-2)8-10-5-3-4-6-13-10/h3-6,9H,7-8,12H2,1-2H3/t9-/m0/s1. The lowest BCUT2D eigenvalue weighted by molar-refractivity contribution is -0.179. The highest BCUT2D eigenvalue weighted by Gasteiger charge is 2.15. The van der Waals surface area contributed by atoms with Crippen molar-refractivity contribution >= 4 is 5.91 Å². The van der Waals surface area contributed by atoms with Gasteiger partial charge < -0.3 is 5.73 Å². The minimum Gasteiger partial charge on any atom is -0.327 e. The van der Waals surface area contributed by atoms with Gasteiger partial charge in [-0.15, -0.1) is 0 Å². The maximum Gasteiger partial charge on any atom is 0.248 e. The number of hydrogen-bond donors (Lipinski definition) is 1. The van der Waals surface area contributed by atoms with Crippen LogP contribution in [-0.2, 0) is 16.2 Å². The van der Waals surface area contributed by atoms with Gasteiger partial charge >= 0.3 is 0 Å². The molecule has 0 aliphatic rings. The average Bonchev–Trinajstić information content (AvgIpc) is 2.26. The van der Waals surface area contributed by atoms with Gasteiger partial charge in [-0.05, 0) is 19.1 Å². The Bertz CT molecular complexity index is 327. The SMILES string of the molecule is CON(Cc1ccccn1)C(=O)C[C@H](C)N. The molecule has 88 valence electrons. The van der Waals surface area contributed by atoms with Crippen LogP contribution in [-0.4, -0.2) is 29.1 Å². The van der Waals surface area contributed by atoms with E-state index in [1.54, 1.807) is 13.1 Å². The molecule has 0 radical (unpaired) electrons. The van der Waals surface area contributed by atoms with E-state index in [-0.39, 0.29) is 18.4 Å². The lowest BCUT2D eigenvalue weighted by atomic mass is 10.2. The van der Waals surface area contributed by atoms with Crippen LogP contribution in [0.2, 0.25) is 0 Å². The van der Waals surface area contributed by atoms with Crippen LogP contribution in [0, 0.1) is 0 Å². The zero-order valence-electron chi connectivity index (χ0n) is 9.59. The maximum absolute atomic E-state index is 11.7. The normalized spacial score (nSPS) is 12.2. The Morgan fingerprint density at radius 3 is 2.88 bits per heavy atom. The molecular weight excluding hydrogens is 206 g/mol. The fourth-order valence-corrected chi connectivity index (χ4v) is 1.27. The molecule has 1 heterocycles. The van der Waals surface area contributed by atoms with Crippen molar-refractivity contribution < 1.29 is 9.63 Å². The van der Waals surface area contributed by atoms with E-state index in [0.29, 0.717) is 6.54 Å². The van der Waals surface area contributed by atoms with Crippen molar-refractivity contribution in [3.8, 4) is 0 Å². The Balaban J connectivity index is 2.58. The second-order valence-corrected chi connectivity index (χ2v) is 3.62. The molecule has 0 saturated heterocycles. The summed E-state index contributed by atoms with van der Waals surface area (Å²) in [5.74, 6) is -0.136. The van der Waals surface area contributed by atoms with Crippen LogP contribution in [0.4, 0.5) is 0 Å². The lowest BCUT2D eigenvalue weighted by Gasteiger charge is -2.20. The molecule has 0 unspecified atom stereocenters. The number of amides is 1. The van der Waals surface area contributed by atoms with Gasteiger partial charge in [-0.1, -0.05) is 6.07 Å². The highest BCUT2D eigenvalue weighted by molar-refractivity contribution is 5.75. The van der Waals surface area contributed by atoms with Gasteiger partial charge in [-0.25, -0.2) is 5.06 Å². The van der Waals surface area contributed by atoms with Crippen molar-refractivity contribution in [1.82, 2.24) is 10.0 Å². The van der Waals surface area contributed by atoms with Crippen LogP contribution in [0.1, 0.15) is 19.0 Å². The summed E-state index contributed by atoms with van der Waals surface area (Å²) < 4.78 is 0. The zero-order chi connectivity index (χ0) is 12.0. The van der Waals surface area contributed by atoms with Crippen molar-refractivity contribution in [2.45, 2.75) is 25.9 Å². The molecule has 0 saturated carbocycles. The summed E-state index contributed by atoms with van der Waals surface area (Å²) in [5, 5.41) is 1.27. The number of carbonyl (C=O) groups is 1. The van der Waals surface area contributed by atoms with Gasteiger partial charge in [0.05, 0.1) is 19.3 Å². The summed E-state index contributed by atoms with van der Waals surface area (Å²) in [6, 6.07) is 5.36. The topological polar surface area (TPSA) is 68.5 Å². The molecule has 0 aliphatic heterocycles. The van der Waals surface area contributed by atoms with E-state index in [4.69, 9.17) is 10.6 Å². The fraction of sp³-hybridized carbons (Fsp3) is 0.455. The molecule has 5 nitrogen and oxygen atoms in total. The third kappa shape index (κ3) is 3.96. The van der Waals surface area contributed by atoms with Crippen molar-refractivity contribution in [2.75, 3.05) is 7.11 Å². The van der Waals surface area contributed by atoms with Crippen molar-refractivity contribution in [1.29, 1.82) is 0 Å². The zero-order valence-corrected chi connectivity index (χ0v) is 9.59. The molecule has 1 atom stereocenters. The number of rotatable bonds is 5. The first kappa shape index (κ1) is 12.6. The van der Waals surface area contributed by atoms with E-state index < -0.39 is 0 Å². The quantitative estimate of drug-likeness (QED) is 0.746. The van der Waals surface area contributed by atoms with E-state index in [1.165, 1.54) is 12.2 Å². The molecule has 1 amide bonds. The summed E-state index contributed by atoms with van der Waals surface area (Å²) in [4.78, 5) is 20.8. The largest absolute Gasteiger partial charge is 0.327 e. The summed E-state index contributed by atoms with van der Waals surface area (Å²) in [6.07, 6.45) is 1.94. The van der Waals surface area contributed by atoms with E-state index in [2.05, 4.69) is 4.98 Å². The number of hydroxylamine groups is 2. The molecular formula is C11H17N3O2.